The Morgan fingerprint density at radius 2 is 2.38 bits per heavy atom. The second-order valence-electron chi connectivity index (χ2n) is 3.89. The Labute approximate surface area is 97.3 Å². The van der Waals surface area contributed by atoms with E-state index in [1.807, 2.05) is 16.9 Å². The summed E-state index contributed by atoms with van der Waals surface area (Å²) in [4.78, 5) is 0. The summed E-state index contributed by atoms with van der Waals surface area (Å²) in [6.45, 7) is 5.99. The fourth-order valence-corrected chi connectivity index (χ4v) is 1.64. The standard InChI is InChI=1S/C12H20N4/c1-3-9-16-12(6-8-15-16)10-14-11(4-2)5-7-13/h6,8,11,14H,3-5,9-10H2,1-2H3. The van der Waals surface area contributed by atoms with Gasteiger partial charge in [0.25, 0.3) is 0 Å². The highest BCUT2D eigenvalue weighted by molar-refractivity contribution is 5.00. The lowest BCUT2D eigenvalue weighted by Crippen LogP contribution is -2.28. The molecule has 1 aromatic rings. The number of rotatable bonds is 7. The lowest BCUT2D eigenvalue weighted by Gasteiger charge is -2.14. The third kappa shape index (κ3) is 3.67. The molecule has 1 heterocycles. The number of hydrogen-bond acceptors (Lipinski definition) is 3. The third-order valence-electron chi connectivity index (χ3n) is 2.64. The van der Waals surface area contributed by atoms with Crippen molar-refractivity contribution >= 4 is 0 Å². The second kappa shape index (κ2) is 7.02. The van der Waals surface area contributed by atoms with Gasteiger partial charge in [0.1, 0.15) is 0 Å². The van der Waals surface area contributed by atoms with E-state index >= 15 is 0 Å². The van der Waals surface area contributed by atoms with E-state index in [0.717, 1.165) is 25.9 Å². The molecular weight excluding hydrogens is 200 g/mol. The van der Waals surface area contributed by atoms with Crippen LogP contribution in [0.1, 0.15) is 38.8 Å². The summed E-state index contributed by atoms with van der Waals surface area (Å²) < 4.78 is 2.02. The van der Waals surface area contributed by atoms with Gasteiger partial charge >= 0.3 is 0 Å². The predicted molar refractivity (Wildman–Crippen MR) is 63.7 cm³/mol. The molecule has 0 radical (unpaired) electrons. The average Bonchev–Trinajstić information content (AvgIpc) is 2.72. The van der Waals surface area contributed by atoms with Crippen LogP contribution in [0.2, 0.25) is 0 Å². The second-order valence-corrected chi connectivity index (χ2v) is 3.89. The molecule has 0 aromatic carbocycles. The molecule has 0 fully saturated rings. The zero-order valence-corrected chi connectivity index (χ0v) is 10.1. The minimum Gasteiger partial charge on any atom is -0.307 e. The molecule has 0 saturated carbocycles. The van der Waals surface area contributed by atoms with E-state index < -0.39 is 0 Å². The molecule has 1 rings (SSSR count). The van der Waals surface area contributed by atoms with Gasteiger partial charge in [0.05, 0.1) is 18.2 Å². The molecule has 0 aliphatic carbocycles. The first kappa shape index (κ1) is 12.7. The molecule has 0 aliphatic heterocycles. The highest BCUT2D eigenvalue weighted by Gasteiger charge is 2.06. The molecule has 0 bridgehead atoms. The Morgan fingerprint density at radius 3 is 3.00 bits per heavy atom. The Kier molecular flexibility index (Phi) is 5.58. The minimum atomic E-state index is 0.287. The van der Waals surface area contributed by atoms with E-state index in [1.165, 1.54) is 5.69 Å². The number of hydrogen-bond donors (Lipinski definition) is 1. The largest absolute Gasteiger partial charge is 0.307 e. The molecule has 0 spiro atoms. The van der Waals surface area contributed by atoms with Crippen molar-refractivity contribution in [3.05, 3.63) is 18.0 Å². The SMILES string of the molecule is CCCn1nccc1CNC(CC)CC#N. The van der Waals surface area contributed by atoms with Gasteiger partial charge in [-0.1, -0.05) is 13.8 Å². The van der Waals surface area contributed by atoms with Crippen molar-refractivity contribution in [3.8, 4) is 6.07 Å². The Hall–Kier alpha value is -1.34. The van der Waals surface area contributed by atoms with Crippen molar-refractivity contribution in [2.45, 2.75) is 52.2 Å². The average molecular weight is 220 g/mol. The summed E-state index contributed by atoms with van der Waals surface area (Å²) in [5.74, 6) is 0. The lowest BCUT2D eigenvalue weighted by molar-refractivity contribution is 0.478. The normalized spacial score (nSPS) is 12.3. The molecule has 0 saturated heterocycles. The molecule has 0 amide bonds. The number of nitriles is 1. The van der Waals surface area contributed by atoms with Crippen LogP contribution in [-0.2, 0) is 13.1 Å². The van der Waals surface area contributed by atoms with E-state index in [-0.39, 0.29) is 6.04 Å². The van der Waals surface area contributed by atoms with Crippen molar-refractivity contribution in [2.75, 3.05) is 0 Å². The van der Waals surface area contributed by atoms with Crippen LogP contribution >= 0.6 is 0 Å². The van der Waals surface area contributed by atoms with Crippen molar-refractivity contribution in [1.29, 1.82) is 5.26 Å². The molecule has 1 atom stereocenters. The zero-order valence-electron chi connectivity index (χ0n) is 10.1. The fraction of sp³-hybridized carbons (Fsp3) is 0.667. The van der Waals surface area contributed by atoms with Crippen LogP contribution in [0.5, 0.6) is 0 Å². The van der Waals surface area contributed by atoms with Crippen molar-refractivity contribution in [1.82, 2.24) is 15.1 Å². The number of aromatic nitrogens is 2. The van der Waals surface area contributed by atoms with Gasteiger partial charge in [-0.25, -0.2) is 0 Å². The molecule has 0 aliphatic rings. The quantitative estimate of drug-likeness (QED) is 0.765. The van der Waals surface area contributed by atoms with Gasteiger partial charge in [-0.2, -0.15) is 10.4 Å². The number of nitrogens with one attached hydrogen (secondary N) is 1. The maximum absolute atomic E-state index is 8.66. The van der Waals surface area contributed by atoms with Gasteiger partial charge in [-0.3, -0.25) is 4.68 Å². The van der Waals surface area contributed by atoms with Crippen LogP contribution < -0.4 is 5.32 Å². The summed E-state index contributed by atoms with van der Waals surface area (Å²) in [5.41, 5.74) is 1.19. The first-order valence-electron chi connectivity index (χ1n) is 5.92. The molecule has 4 heteroatoms. The van der Waals surface area contributed by atoms with E-state index in [9.17, 15) is 0 Å². The van der Waals surface area contributed by atoms with Gasteiger partial charge in [-0.05, 0) is 18.9 Å². The van der Waals surface area contributed by atoms with E-state index in [2.05, 4.69) is 30.3 Å². The van der Waals surface area contributed by atoms with E-state index in [1.54, 1.807) is 0 Å². The molecule has 1 N–H and O–H groups in total. The van der Waals surface area contributed by atoms with Crippen LogP contribution in [0.15, 0.2) is 12.3 Å². The third-order valence-corrected chi connectivity index (χ3v) is 2.64. The van der Waals surface area contributed by atoms with Crippen LogP contribution in [0.25, 0.3) is 0 Å². The van der Waals surface area contributed by atoms with Gasteiger partial charge in [0.2, 0.25) is 0 Å². The van der Waals surface area contributed by atoms with Crippen molar-refractivity contribution in [3.63, 3.8) is 0 Å². The van der Waals surface area contributed by atoms with Crippen LogP contribution in [0.3, 0.4) is 0 Å². The topological polar surface area (TPSA) is 53.6 Å². The molecular formula is C12H20N4. The summed E-state index contributed by atoms with van der Waals surface area (Å²) >= 11 is 0. The van der Waals surface area contributed by atoms with Gasteiger partial charge in [0, 0.05) is 25.3 Å². The highest BCUT2D eigenvalue weighted by atomic mass is 15.3. The van der Waals surface area contributed by atoms with Crippen molar-refractivity contribution < 1.29 is 0 Å². The predicted octanol–water partition coefficient (Wildman–Crippen LogP) is 2.07. The smallest absolute Gasteiger partial charge is 0.0638 e. The first-order chi connectivity index (χ1) is 7.81. The van der Waals surface area contributed by atoms with Gasteiger partial charge in [-0.15, -0.1) is 0 Å². The summed E-state index contributed by atoms with van der Waals surface area (Å²) in [6.07, 6.45) is 4.47. The number of aryl methyl sites for hydroxylation is 1. The fourth-order valence-electron chi connectivity index (χ4n) is 1.64. The summed E-state index contributed by atoms with van der Waals surface area (Å²) in [5, 5.41) is 16.3. The van der Waals surface area contributed by atoms with E-state index in [0.29, 0.717) is 6.42 Å². The van der Waals surface area contributed by atoms with Crippen LogP contribution in [0.4, 0.5) is 0 Å². The maximum Gasteiger partial charge on any atom is 0.0638 e. The Balaban J connectivity index is 2.46. The summed E-state index contributed by atoms with van der Waals surface area (Å²) in [6, 6.07) is 4.52. The lowest BCUT2D eigenvalue weighted by atomic mass is 10.1. The Morgan fingerprint density at radius 1 is 1.56 bits per heavy atom. The molecule has 1 unspecified atom stereocenters. The zero-order chi connectivity index (χ0) is 11.8. The molecule has 4 nitrogen and oxygen atoms in total. The van der Waals surface area contributed by atoms with Crippen molar-refractivity contribution in [2.24, 2.45) is 0 Å². The molecule has 16 heavy (non-hydrogen) atoms. The summed E-state index contributed by atoms with van der Waals surface area (Å²) in [7, 11) is 0. The maximum atomic E-state index is 8.66. The molecule has 1 aromatic heterocycles. The monoisotopic (exact) mass is 220 g/mol. The van der Waals surface area contributed by atoms with Crippen LogP contribution in [-0.4, -0.2) is 15.8 Å². The van der Waals surface area contributed by atoms with Crippen LogP contribution in [0, 0.1) is 11.3 Å². The molecule has 88 valence electrons. The number of nitrogens with zero attached hydrogens (tertiary/aromatic N) is 3. The highest BCUT2D eigenvalue weighted by Crippen LogP contribution is 2.03. The van der Waals surface area contributed by atoms with Gasteiger partial charge < -0.3 is 5.32 Å². The van der Waals surface area contributed by atoms with E-state index in [4.69, 9.17) is 5.26 Å². The Bertz CT molecular complexity index is 337. The minimum absolute atomic E-state index is 0.287. The first-order valence-corrected chi connectivity index (χ1v) is 5.92. The van der Waals surface area contributed by atoms with Gasteiger partial charge in [0.15, 0.2) is 0 Å².